The Bertz CT molecular complexity index is 483. The predicted octanol–water partition coefficient (Wildman–Crippen LogP) is 0.0113. The average molecular weight is 247 g/mol. The van der Waals surface area contributed by atoms with Crippen molar-refractivity contribution in [1.29, 1.82) is 0 Å². The van der Waals surface area contributed by atoms with Crippen LogP contribution in [0.15, 0.2) is 29.2 Å². The zero-order valence-corrected chi connectivity index (χ0v) is 8.95. The summed E-state index contributed by atoms with van der Waals surface area (Å²) in [7, 11) is -3.79. The van der Waals surface area contributed by atoms with E-state index in [1.807, 2.05) is 0 Å². The molecule has 0 unspecified atom stereocenters. The molecule has 0 aliphatic carbocycles. The molecule has 1 aromatic rings. The van der Waals surface area contributed by atoms with E-state index in [0.717, 1.165) is 24.3 Å². The van der Waals surface area contributed by atoms with Crippen LogP contribution in [0.5, 0.6) is 0 Å². The molecule has 1 rings (SSSR count). The summed E-state index contributed by atoms with van der Waals surface area (Å²) < 4.78 is 35.7. The van der Waals surface area contributed by atoms with E-state index < -0.39 is 33.4 Å². The fraction of sp³-hybridized carbons (Fsp3) is 0.222. The van der Waals surface area contributed by atoms with E-state index in [2.05, 4.69) is 0 Å². The maximum absolute atomic E-state index is 12.6. The van der Waals surface area contributed by atoms with Gasteiger partial charge in [0.15, 0.2) is 9.84 Å². The van der Waals surface area contributed by atoms with Crippen molar-refractivity contribution in [3.63, 3.8) is 0 Å². The normalized spacial score (nSPS) is 13.4. The third kappa shape index (κ3) is 3.01. The molecule has 16 heavy (non-hydrogen) atoms. The molecule has 1 aromatic carbocycles. The molecule has 0 spiro atoms. The lowest BCUT2D eigenvalue weighted by atomic mass is 10.3. The molecule has 88 valence electrons. The molecule has 1 atom stereocenters. The van der Waals surface area contributed by atoms with E-state index in [9.17, 15) is 17.6 Å². The van der Waals surface area contributed by atoms with Gasteiger partial charge in [0.05, 0.1) is 10.6 Å². The van der Waals surface area contributed by atoms with E-state index in [1.54, 1.807) is 0 Å². The number of halogens is 1. The number of sulfone groups is 1. The third-order valence-corrected chi connectivity index (χ3v) is 3.68. The SMILES string of the molecule is N[C@@H](CS(=O)(=O)c1ccc(F)cc1)C(=O)O. The Morgan fingerprint density at radius 2 is 1.88 bits per heavy atom. The standard InChI is InChI=1S/C9H10FNO4S/c10-6-1-3-7(4-2-6)16(14,15)5-8(11)9(12)13/h1-4,8H,5,11H2,(H,12,13)/t8-/m0/s1. The smallest absolute Gasteiger partial charge is 0.321 e. The maximum atomic E-state index is 12.6. The van der Waals surface area contributed by atoms with Crippen LogP contribution in [0, 0.1) is 5.82 Å². The molecular formula is C9H10FNO4S. The van der Waals surface area contributed by atoms with Gasteiger partial charge >= 0.3 is 5.97 Å². The minimum absolute atomic E-state index is 0.148. The summed E-state index contributed by atoms with van der Waals surface area (Å²) in [5, 5.41) is 8.49. The Morgan fingerprint density at radius 3 is 2.31 bits per heavy atom. The minimum atomic E-state index is -3.79. The fourth-order valence-corrected chi connectivity index (χ4v) is 2.40. The van der Waals surface area contributed by atoms with Crippen LogP contribution in [0.1, 0.15) is 0 Å². The van der Waals surface area contributed by atoms with Crippen molar-refractivity contribution in [2.75, 3.05) is 5.75 Å². The number of nitrogens with two attached hydrogens (primary N) is 1. The molecule has 0 heterocycles. The molecule has 0 fully saturated rings. The number of hydrogen-bond acceptors (Lipinski definition) is 4. The Morgan fingerprint density at radius 1 is 1.38 bits per heavy atom. The molecule has 3 N–H and O–H groups in total. The number of aliphatic carboxylic acids is 1. The lowest BCUT2D eigenvalue weighted by Gasteiger charge is -2.07. The first-order chi connectivity index (χ1) is 7.33. The molecule has 0 aliphatic heterocycles. The lowest BCUT2D eigenvalue weighted by molar-refractivity contribution is -0.137. The highest BCUT2D eigenvalue weighted by Crippen LogP contribution is 2.12. The summed E-state index contributed by atoms with van der Waals surface area (Å²) in [6.07, 6.45) is 0. The van der Waals surface area contributed by atoms with Gasteiger partial charge < -0.3 is 10.8 Å². The molecule has 0 amide bonds. The highest BCUT2D eigenvalue weighted by atomic mass is 32.2. The van der Waals surface area contributed by atoms with E-state index in [4.69, 9.17) is 10.8 Å². The number of benzene rings is 1. The van der Waals surface area contributed by atoms with Crippen molar-refractivity contribution in [2.45, 2.75) is 10.9 Å². The molecular weight excluding hydrogens is 237 g/mol. The van der Waals surface area contributed by atoms with Crippen LogP contribution in [0.25, 0.3) is 0 Å². The average Bonchev–Trinajstić information content (AvgIpc) is 2.17. The number of carboxylic acids is 1. The van der Waals surface area contributed by atoms with Crippen molar-refractivity contribution in [1.82, 2.24) is 0 Å². The zero-order chi connectivity index (χ0) is 12.3. The van der Waals surface area contributed by atoms with E-state index >= 15 is 0 Å². The van der Waals surface area contributed by atoms with Crippen molar-refractivity contribution in [3.05, 3.63) is 30.1 Å². The molecule has 0 aromatic heterocycles. The van der Waals surface area contributed by atoms with Crippen LogP contribution in [-0.2, 0) is 14.6 Å². The first-order valence-corrected chi connectivity index (χ1v) is 5.95. The second-order valence-electron chi connectivity index (χ2n) is 3.18. The maximum Gasteiger partial charge on any atom is 0.321 e. The largest absolute Gasteiger partial charge is 0.480 e. The van der Waals surface area contributed by atoms with Crippen LogP contribution in [0.3, 0.4) is 0 Å². The number of hydrogen-bond donors (Lipinski definition) is 2. The van der Waals surface area contributed by atoms with E-state index in [0.29, 0.717) is 0 Å². The highest BCUT2D eigenvalue weighted by Gasteiger charge is 2.23. The van der Waals surface area contributed by atoms with Crippen LogP contribution >= 0.6 is 0 Å². The molecule has 0 aliphatic rings. The van der Waals surface area contributed by atoms with E-state index in [1.165, 1.54) is 0 Å². The van der Waals surface area contributed by atoms with Gasteiger partial charge in [-0.05, 0) is 24.3 Å². The highest BCUT2D eigenvalue weighted by molar-refractivity contribution is 7.91. The third-order valence-electron chi connectivity index (χ3n) is 1.89. The van der Waals surface area contributed by atoms with Crippen LogP contribution < -0.4 is 5.73 Å². The van der Waals surface area contributed by atoms with Crippen LogP contribution in [0.2, 0.25) is 0 Å². The van der Waals surface area contributed by atoms with Gasteiger partial charge in [-0.15, -0.1) is 0 Å². The monoisotopic (exact) mass is 247 g/mol. The second-order valence-corrected chi connectivity index (χ2v) is 5.21. The van der Waals surface area contributed by atoms with Gasteiger partial charge in [-0.1, -0.05) is 0 Å². The fourth-order valence-electron chi connectivity index (χ4n) is 1.05. The first kappa shape index (κ1) is 12.6. The molecule has 0 radical (unpaired) electrons. The van der Waals surface area contributed by atoms with Crippen LogP contribution in [-0.4, -0.2) is 31.3 Å². The van der Waals surface area contributed by atoms with Gasteiger partial charge in [0.2, 0.25) is 0 Å². The minimum Gasteiger partial charge on any atom is -0.480 e. The summed E-state index contributed by atoms with van der Waals surface area (Å²) in [6, 6.07) is 2.62. The molecule has 0 saturated carbocycles. The van der Waals surface area contributed by atoms with Gasteiger partial charge in [-0.3, -0.25) is 4.79 Å². The van der Waals surface area contributed by atoms with Crippen molar-refractivity contribution in [3.8, 4) is 0 Å². The summed E-state index contributed by atoms with van der Waals surface area (Å²) in [5.41, 5.74) is 5.12. The van der Waals surface area contributed by atoms with Gasteiger partial charge in [-0.2, -0.15) is 0 Å². The summed E-state index contributed by atoms with van der Waals surface area (Å²) in [6.45, 7) is 0. The van der Waals surface area contributed by atoms with Gasteiger partial charge in [0, 0.05) is 0 Å². The summed E-state index contributed by atoms with van der Waals surface area (Å²) in [5.74, 6) is -2.68. The number of carbonyl (C=O) groups is 1. The Labute approximate surface area is 91.6 Å². The van der Waals surface area contributed by atoms with Gasteiger partial charge in [0.25, 0.3) is 0 Å². The van der Waals surface area contributed by atoms with Gasteiger partial charge in [0.1, 0.15) is 11.9 Å². The summed E-state index contributed by atoms with van der Waals surface area (Å²) in [4.78, 5) is 10.3. The molecule has 0 saturated heterocycles. The van der Waals surface area contributed by atoms with Crippen molar-refractivity contribution in [2.24, 2.45) is 5.73 Å². The Hall–Kier alpha value is -1.47. The quantitative estimate of drug-likeness (QED) is 0.730. The number of carboxylic acid groups (broad SMARTS) is 1. The molecule has 0 bridgehead atoms. The van der Waals surface area contributed by atoms with Crippen LogP contribution in [0.4, 0.5) is 4.39 Å². The molecule has 7 heteroatoms. The topological polar surface area (TPSA) is 97.5 Å². The first-order valence-electron chi connectivity index (χ1n) is 4.29. The Balaban J connectivity index is 2.94. The summed E-state index contributed by atoms with van der Waals surface area (Å²) >= 11 is 0. The van der Waals surface area contributed by atoms with Gasteiger partial charge in [-0.25, -0.2) is 12.8 Å². The predicted molar refractivity (Wildman–Crippen MR) is 54.1 cm³/mol. The lowest BCUT2D eigenvalue weighted by Crippen LogP contribution is -2.37. The van der Waals surface area contributed by atoms with Crippen molar-refractivity contribution >= 4 is 15.8 Å². The molecule has 5 nitrogen and oxygen atoms in total. The zero-order valence-electron chi connectivity index (χ0n) is 8.13. The second kappa shape index (κ2) is 4.58. The van der Waals surface area contributed by atoms with E-state index in [-0.39, 0.29) is 4.90 Å². The number of rotatable bonds is 4. The van der Waals surface area contributed by atoms with Crippen molar-refractivity contribution < 1.29 is 22.7 Å². The Kier molecular flexibility index (Phi) is 3.61.